The Balaban J connectivity index is 0. The third kappa shape index (κ3) is 30.1. The molecule has 184 valence electrons. The van der Waals surface area contributed by atoms with Crippen LogP contribution >= 0.6 is 0 Å². The Bertz CT molecular complexity index is 550. The smallest absolute Gasteiger partial charge is 0.862 e. The Labute approximate surface area is 221 Å². The van der Waals surface area contributed by atoms with Gasteiger partial charge in [0, 0.05) is 6.54 Å². The summed E-state index contributed by atoms with van der Waals surface area (Å²) >= 11 is 0. The van der Waals surface area contributed by atoms with E-state index < -0.39 is 10.1 Å². The fraction of sp³-hybridized carbons (Fsp3) is 0.880. The molecule has 0 bridgehead atoms. The van der Waals surface area contributed by atoms with Crippen LogP contribution in [0.2, 0.25) is 0 Å². The molecule has 0 unspecified atom stereocenters. The van der Waals surface area contributed by atoms with Gasteiger partial charge in [-0.3, -0.25) is 4.55 Å². The van der Waals surface area contributed by atoms with E-state index in [1.165, 1.54) is 89.9 Å². The van der Waals surface area contributed by atoms with Crippen molar-refractivity contribution in [3.8, 4) is 0 Å². The van der Waals surface area contributed by atoms with Crippen LogP contribution in [0.5, 0.6) is 0 Å². The zero-order valence-corrected chi connectivity index (χ0v) is 23.8. The average molecular weight is 482 g/mol. The molecule has 0 aliphatic rings. The molecule has 0 rings (SSSR count). The maximum Gasteiger partial charge on any atom is 1.00 e. The maximum absolute atomic E-state index is 11.6. The van der Waals surface area contributed by atoms with Crippen molar-refractivity contribution in [2.24, 2.45) is 4.99 Å². The Morgan fingerprint density at radius 1 is 0.750 bits per heavy atom. The molecule has 0 spiro atoms. The molecule has 32 heavy (non-hydrogen) atoms. The molecule has 0 amide bonds. The quantitative estimate of drug-likeness (QED) is 0.0603. The van der Waals surface area contributed by atoms with Crippen molar-refractivity contribution in [1.29, 1.82) is 0 Å². The van der Waals surface area contributed by atoms with Crippen LogP contribution in [-0.4, -0.2) is 31.2 Å². The molecule has 1 N–H and O–H groups in total. The van der Waals surface area contributed by atoms with E-state index in [0.29, 0.717) is 6.42 Å². The SMILES string of the molecule is CCCCCCCC/C=C\CCCCCCCCCCCC([O-])=NCCCS(=O)(=O)O.[Na+]. The summed E-state index contributed by atoms with van der Waals surface area (Å²) in [4.78, 5) is 3.82. The first kappa shape index (κ1) is 34.3. The number of aliphatic imine (C=N–C) groups is 1. The molecule has 0 aliphatic carbocycles. The minimum Gasteiger partial charge on any atom is -0.862 e. The minimum atomic E-state index is -3.94. The predicted octanol–water partition coefficient (Wildman–Crippen LogP) is 3.63. The summed E-state index contributed by atoms with van der Waals surface area (Å²) in [5.41, 5.74) is 0. The molecule has 0 fully saturated rings. The van der Waals surface area contributed by atoms with Gasteiger partial charge < -0.3 is 10.1 Å². The van der Waals surface area contributed by atoms with E-state index in [1.807, 2.05) is 0 Å². The minimum absolute atomic E-state index is 0. The fourth-order valence-electron chi connectivity index (χ4n) is 3.58. The van der Waals surface area contributed by atoms with Crippen molar-refractivity contribution in [1.82, 2.24) is 0 Å². The van der Waals surface area contributed by atoms with Gasteiger partial charge in [0.2, 0.25) is 0 Å². The molecule has 0 atom stereocenters. The van der Waals surface area contributed by atoms with Gasteiger partial charge in [0.15, 0.2) is 0 Å². The first-order chi connectivity index (χ1) is 15.0. The fourth-order valence-corrected chi connectivity index (χ4v) is 4.08. The maximum atomic E-state index is 11.6. The number of hydrogen-bond acceptors (Lipinski definition) is 4. The number of unbranched alkanes of at least 4 members (excludes halogenated alkanes) is 15. The summed E-state index contributed by atoms with van der Waals surface area (Å²) in [6, 6.07) is 0. The van der Waals surface area contributed by atoms with Crippen molar-refractivity contribution >= 4 is 16.0 Å². The van der Waals surface area contributed by atoms with Gasteiger partial charge in [0.25, 0.3) is 10.1 Å². The molecular weight excluding hydrogens is 433 g/mol. The summed E-state index contributed by atoms with van der Waals surface area (Å²) in [5, 5.41) is 11.6. The summed E-state index contributed by atoms with van der Waals surface area (Å²) in [7, 11) is -3.94. The van der Waals surface area contributed by atoms with Crippen LogP contribution in [0.4, 0.5) is 0 Å². The molecule has 0 heterocycles. The van der Waals surface area contributed by atoms with Crippen molar-refractivity contribution in [3.63, 3.8) is 0 Å². The van der Waals surface area contributed by atoms with E-state index in [1.54, 1.807) is 0 Å². The zero-order valence-electron chi connectivity index (χ0n) is 21.0. The van der Waals surface area contributed by atoms with Crippen LogP contribution < -0.4 is 34.7 Å². The molecule has 0 saturated heterocycles. The van der Waals surface area contributed by atoms with Crippen LogP contribution in [0.15, 0.2) is 17.1 Å². The number of rotatable bonds is 23. The predicted molar refractivity (Wildman–Crippen MR) is 131 cm³/mol. The number of hydrogen-bond donors (Lipinski definition) is 1. The molecule has 0 aromatic carbocycles. The van der Waals surface area contributed by atoms with Crippen LogP contribution in [0.3, 0.4) is 0 Å². The average Bonchev–Trinajstić information content (AvgIpc) is 2.72. The molecule has 0 aromatic rings. The van der Waals surface area contributed by atoms with Gasteiger partial charge in [-0.25, -0.2) is 0 Å². The van der Waals surface area contributed by atoms with Gasteiger partial charge in [-0.05, 0) is 50.8 Å². The van der Waals surface area contributed by atoms with Crippen molar-refractivity contribution < 1.29 is 47.6 Å². The Morgan fingerprint density at radius 2 is 1.19 bits per heavy atom. The molecular formula is C25H48NNaO4S. The van der Waals surface area contributed by atoms with E-state index in [9.17, 15) is 13.5 Å². The van der Waals surface area contributed by atoms with Gasteiger partial charge in [-0.2, -0.15) is 8.42 Å². The number of nitrogens with zero attached hydrogens (tertiary/aromatic N) is 1. The van der Waals surface area contributed by atoms with E-state index >= 15 is 0 Å². The molecule has 0 saturated carbocycles. The third-order valence-electron chi connectivity index (χ3n) is 5.50. The van der Waals surface area contributed by atoms with Gasteiger partial charge in [-0.1, -0.05) is 96.1 Å². The second-order valence-electron chi connectivity index (χ2n) is 8.66. The molecule has 7 heteroatoms. The zero-order chi connectivity index (χ0) is 23.0. The summed E-state index contributed by atoms with van der Waals surface area (Å²) < 4.78 is 29.7. The molecule has 5 nitrogen and oxygen atoms in total. The summed E-state index contributed by atoms with van der Waals surface area (Å²) in [6.07, 6.45) is 27.0. The first-order valence-corrected chi connectivity index (χ1v) is 14.4. The second kappa shape index (κ2) is 25.7. The Kier molecular flexibility index (Phi) is 27.6. The van der Waals surface area contributed by atoms with Gasteiger partial charge in [-0.15, -0.1) is 0 Å². The number of allylic oxidation sites excluding steroid dienone is 2. The van der Waals surface area contributed by atoms with Gasteiger partial charge >= 0.3 is 29.6 Å². The van der Waals surface area contributed by atoms with Crippen LogP contribution in [0.25, 0.3) is 0 Å². The van der Waals surface area contributed by atoms with E-state index in [4.69, 9.17) is 4.55 Å². The molecule has 0 aliphatic heterocycles. The normalized spacial score (nSPS) is 12.4. The van der Waals surface area contributed by atoms with Crippen molar-refractivity contribution in [2.75, 3.05) is 12.3 Å². The van der Waals surface area contributed by atoms with Crippen LogP contribution in [0.1, 0.15) is 129 Å². The van der Waals surface area contributed by atoms with Gasteiger partial charge in [0.1, 0.15) is 0 Å². The van der Waals surface area contributed by atoms with Crippen LogP contribution in [-0.2, 0) is 10.1 Å². The van der Waals surface area contributed by atoms with E-state index in [-0.39, 0.29) is 54.2 Å². The van der Waals surface area contributed by atoms with Crippen LogP contribution in [0, 0.1) is 0 Å². The second-order valence-corrected chi connectivity index (χ2v) is 10.2. The molecule has 0 aromatic heterocycles. The summed E-state index contributed by atoms with van der Waals surface area (Å²) in [6.45, 7) is 2.44. The standard InChI is InChI=1S/C25H49NO4S.Na/c1-2-3-4-5-6-7-8-9-10-11-12-13-14-15-16-17-18-19-20-22-25(27)26-23-21-24-31(28,29)30;/h9-10H,2-8,11-24H2,1H3,(H,26,27)(H,28,29,30);/q;+1/p-1/b10-9-;. The Hall–Kier alpha value is 0.120. The monoisotopic (exact) mass is 481 g/mol. The van der Waals surface area contributed by atoms with Crippen molar-refractivity contribution in [2.45, 2.75) is 129 Å². The van der Waals surface area contributed by atoms with E-state index in [2.05, 4.69) is 24.1 Å². The molecule has 0 radical (unpaired) electrons. The van der Waals surface area contributed by atoms with Crippen molar-refractivity contribution in [3.05, 3.63) is 12.2 Å². The first-order valence-electron chi connectivity index (χ1n) is 12.8. The summed E-state index contributed by atoms with van der Waals surface area (Å²) in [5.74, 6) is -0.490. The van der Waals surface area contributed by atoms with Gasteiger partial charge in [0.05, 0.1) is 5.75 Å². The topological polar surface area (TPSA) is 89.8 Å². The Morgan fingerprint density at radius 3 is 1.66 bits per heavy atom. The third-order valence-corrected chi connectivity index (χ3v) is 6.31. The largest absolute Gasteiger partial charge is 1.00 e. The van der Waals surface area contributed by atoms with E-state index in [0.717, 1.165) is 19.3 Å².